The molecule has 2 aromatic carbocycles. The van der Waals surface area contributed by atoms with Crippen molar-refractivity contribution in [2.75, 3.05) is 0 Å². The monoisotopic (exact) mass is 365 g/mol. The van der Waals surface area contributed by atoms with Crippen LogP contribution in [-0.2, 0) is 20.5 Å². The van der Waals surface area contributed by atoms with Crippen LogP contribution in [0.5, 0.6) is 0 Å². The second kappa shape index (κ2) is 8.03. The maximum Gasteiger partial charge on any atom is 0.416 e. The van der Waals surface area contributed by atoms with Gasteiger partial charge >= 0.3 is 12.1 Å². The number of hydrogen-bond donors (Lipinski definition) is 1. The fraction of sp³-hybridized carbons (Fsp3) is 0.263. The smallest absolute Gasteiger partial charge is 0.416 e. The Labute approximate surface area is 149 Å². The number of ether oxygens (including phenoxy) is 1. The number of rotatable bonds is 5. The maximum atomic E-state index is 12.6. The van der Waals surface area contributed by atoms with Crippen LogP contribution in [0.4, 0.5) is 13.2 Å². The van der Waals surface area contributed by atoms with Crippen molar-refractivity contribution >= 4 is 11.9 Å². The minimum absolute atomic E-state index is 0.500. The van der Waals surface area contributed by atoms with E-state index in [4.69, 9.17) is 4.74 Å². The van der Waals surface area contributed by atoms with Gasteiger partial charge in [0, 0.05) is 12.5 Å². The van der Waals surface area contributed by atoms with Crippen LogP contribution in [0.3, 0.4) is 0 Å². The van der Waals surface area contributed by atoms with Gasteiger partial charge in [-0.2, -0.15) is 13.2 Å². The predicted molar refractivity (Wildman–Crippen MR) is 89.0 cm³/mol. The molecule has 2 rings (SSSR count). The third kappa shape index (κ3) is 5.08. The summed E-state index contributed by atoms with van der Waals surface area (Å²) in [5.41, 5.74) is 0.239. The van der Waals surface area contributed by atoms with E-state index in [2.05, 4.69) is 5.32 Å². The first-order valence-corrected chi connectivity index (χ1v) is 7.88. The normalized spacial score (nSPS) is 13.6. The molecular weight excluding hydrogens is 347 g/mol. The fourth-order valence-corrected chi connectivity index (χ4v) is 2.40. The van der Waals surface area contributed by atoms with Crippen LogP contribution in [-0.4, -0.2) is 11.9 Å². The fourth-order valence-electron chi connectivity index (χ4n) is 2.40. The van der Waals surface area contributed by atoms with Crippen molar-refractivity contribution in [3.63, 3.8) is 0 Å². The SMILES string of the molecule is CC(=O)OC(C(=O)NC(C)c1ccc(C(F)(F)F)cc1)c1ccccc1. The van der Waals surface area contributed by atoms with Crippen LogP contribution >= 0.6 is 0 Å². The van der Waals surface area contributed by atoms with Gasteiger partial charge in [-0.1, -0.05) is 42.5 Å². The van der Waals surface area contributed by atoms with Crippen molar-refractivity contribution in [1.29, 1.82) is 0 Å². The largest absolute Gasteiger partial charge is 0.447 e. The molecular formula is C19H18F3NO3. The molecule has 4 nitrogen and oxygen atoms in total. The minimum Gasteiger partial charge on any atom is -0.447 e. The molecule has 0 spiro atoms. The zero-order valence-electron chi connectivity index (χ0n) is 14.2. The van der Waals surface area contributed by atoms with Gasteiger partial charge in [0.25, 0.3) is 5.91 Å². The van der Waals surface area contributed by atoms with E-state index in [9.17, 15) is 22.8 Å². The van der Waals surface area contributed by atoms with Gasteiger partial charge in [-0.05, 0) is 24.6 Å². The quantitative estimate of drug-likeness (QED) is 0.809. The Hall–Kier alpha value is -2.83. The molecule has 7 heteroatoms. The summed E-state index contributed by atoms with van der Waals surface area (Å²) >= 11 is 0. The number of hydrogen-bond acceptors (Lipinski definition) is 3. The summed E-state index contributed by atoms with van der Waals surface area (Å²) in [4.78, 5) is 23.8. The Kier molecular flexibility index (Phi) is 6.02. The number of esters is 1. The molecule has 0 heterocycles. The van der Waals surface area contributed by atoms with Gasteiger partial charge in [0.2, 0.25) is 6.10 Å². The highest BCUT2D eigenvalue weighted by atomic mass is 19.4. The van der Waals surface area contributed by atoms with E-state index in [-0.39, 0.29) is 0 Å². The molecule has 138 valence electrons. The number of alkyl halides is 3. The lowest BCUT2D eigenvalue weighted by Gasteiger charge is -2.21. The molecule has 0 radical (unpaired) electrons. The second-order valence-corrected chi connectivity index (χ2v) is 5.75. The van der Waals surface area contributed by atoms with Crippen molar-refractivity contribution in [2.24, 2.45) is 0 Å². The van der Waals surface area contributed by atoms with Crippen molar-refractivity contribution < 1.29 is 27.5 Å². The lowest BCUT2D eigenvalue weighted by Crippen LogP contribution is -2.33. The molecule has 1 N–H and O–H groups in total. The molecule has 26 heavy (non-hydrogen) atoms. The van der Waals surface area contributed by atoms with Gasteiger partial charge in [0.1, 0.15) is 0 Å². The molecule has 2 aromatic rings. The van der Waals surface area contributed by atoms with Crippen LogP contribution in [0.15, 0.2) is 54.6 Å². The highest BCUT2D eigenvalue weighted by Crippen LogP contribution is 2.30. The molecule has 0 aromatic heterocycles. The first-order chi connectivity index (χ1) is 12.2. The molecule has 0 saturated heterocycles. The minimum atomic E-state index is -4.42. The molecule has 0 aliphatic carbocycles. The Morgan fingerprint density at radius 3 is 2.04 bits per heavy atom. The van der Waals surface area contributed by atoms with E-state index in [0.717, 1.165) is 12.1 Å². The first-order valence-electron chi connectivity index (χ1n) is 7.88. The number of nitrogens with one attached hydrogen (secondary N) is 1. The van der Waals surface area contributed by atoms with E-state index < -0.39 is 35.8 Å². The highest BCUT2D eigenvalue weighted by molar-refractivity contribution is 5.85. The number of benzene rings is 2. The van der Waals surface area contributed by atoms with Gasteiger partial charge < -0.3 is 10.1 Å². The molecule has 1 amide bonds. The van der Waals surface area contributed by atoms with Crippen LogP contribution in [0, 0.1) is 0 Å². The van der Waals surface area contributed by atoms with Crippen LogP contribution < -0.4 is 5.32 Å². The zero-order valence-corrected chi connectivity index (χ0v) is 14.2. The molecule has 0 fully saturated rings. The van der Waals surface area contributed by atoms with Crippen LogP contribution in [0.1, 0.15) is 42.7 Å². The standard InChI is InChI=1S/C19H18F3NO3/c1-12(14-8-10-16(11-9-14)19(20,21)22)23-18(25)17(26-13(2)24)15-6-4-3-5-7-15/h3-12,17H,1-2H3,(H,23,25). The summed E-state index contributed by atoms with van der Waals surface area (Å²) < 4.78 is 43.0. The number of halogens is 3. The molecule has 0 aliphatic heterocycles. The van der Waals surface area contributed by atoms with E-state index >= 15 is 0 Å². The van der Waals surface area contributed by atoms with Gasteiger partial charge in [-0.25, -0.2) is 0 Å². The average molecular weight is 365 g/mol. The summed E-state index contributed by atoms with van der Waals surface area (Å²) in [7, 11) is 0. The van der Waals surface area contributed by atoms with Crippen molar-refractivity contribution in [2.45, 2.75) is 32.2 Å². The van der Waals surface area contributed by atoms with Crippen molar-refractivity contribution in [1.82, 2.24) is 5.32 Å². The Bertz CT molecular complexity index is 758. The Morgan fingerprint density at radius 1 is 0.962 bits per heavy atom. The van der Waals surface area contributed by atoms with Gasteiger partial charge in [0.05, 0.1) is 11.6 Å². The van der Waals surface area contributed by atoms with E-state index in [1.807, 2.05) is 0 Å². The first kappa shape index (κ1) is 19.5. The third-order valence-corrected chi connectivity index (χ3v) is 3.72. The molecule has 0 aliphatic rings. The maximum absolute atomic E-state index is 12.6. The number of amides is 1. The van der Waals surface area contributed by atoms with Crippen molar-refractivity contribution in [3.8, 4) is 0 Å². The Morgan fingerprint density at radius 2 is 1.54 bits per heavy atom. The molecule has 2 atom stereocenters. The van der Waals surface area contributed by atoms with Gasteiger partial charge in [0.15, 0.2) is 0 Å². The summed E-state index contributed by atoms with van der Waals surface area (Å²) in [6.45, 7) is 2.83. The predicted octanol–water partition coefficient (Wildman–Crippen LogP) is 4.19. The lowest BCUT2D eigenvalue weighted by atomic mass is 10.0. The second-order valence-electron chi connectivity index (χ2n) is 5.75. The van der Waals surface area contributed by atoms with E-state index in [1.54, 1.807) is 37.3 Å². The zero-order chi connectivity index (χ0) is 19.3. The summed E-state index contributed by atoms with van der Waals surface area (Å²) in [5, 5.41) is 2.66. The molecule has 2 unspecified atom stereocenters. The average Bonchev–Trinajstić information content (AvgIpc) is 2.59. The summed E-state index contributed by atoms with van der Waals surface area (Å²) in [5.74, 6) is -1.17. The van der Waals surface area contributed by atoms with Crippen molar-refractivity contribution in [3.05, 3.63) is 71.3 Å². The van der Waals surface area contributed by atoms with Gasteiger partial charge in [-0.15, -0.1) is 0 Å². The van der Waals surface area contributed by atoms with E-state index in [1.165, 1.54) is 19.1 Å². The summed E-state index contributed by atoms with van der Waals surface area (Å²) in [6.07, 6.45) is -5.55. The highest BCUT2D eigenvalue weighted by Gasteiger charge is 2.30. The third-order valence-electron chi connectivity index (χ3n) is 3.72. The van der Waals surface area contributed by atoms with Crippen LogP contribution in [0.2, 0.25) is 0 Å². The van der Waals surface area contributed by atoms with E-state index in [0.29, 0.717) is 11.1 Å². The topological polar surface area (TPSA) is 55.4 Å². The number of carbonyl (C=O) groups is 2. The molecule has 0 bridgehead atoms. The van der Waals surface area contributed by atoms with Crippen LogP contribution in [0.25, 0.3) is 0 Å². The Balaban J connectivity index is 2.14. The number of carbonyl (C=O) groups excluding carboxylic acids is 2. The summed E-state index contributed by atoms with van der Waals surface area (Å²) in [6, 6.07) is 12.4. The van der Waals surface area contributed by atoms with Gasteiger partial charge in [-0.3, -0.25) is 9.59 Å². The molecule has 0 saturated carbocycles. The lowest BCUT2D eigenvalue weighted by molar-refractivity contribution is -0.154.